The molecule has 2 aromatic carbocycles. The van der Waals surface area contributed by atoms with Gasteiger partial charge >= 0.3 is 12.1 Å². The van der Waals surface area contributed by atoms with Crippen LogP contribution < -0.4 is 4.74 Å². The van der Waals surface area contributed by atoms with Gasteiger partial charge < -0.3 is 19.8 Å². The lowest BCUT2D eigenvalue weighted by Gasteiger charge is -2.27. The second-order valence-corrected chi connectivity index (χ2v) is 7.79. The molecule has 0 fully saturated rings. The van der Waals surface area contributed by atoms with E-state index in [9.17, 15) is 19.1 Å². The molecular weight excluding hydrogens is 457 g/mol. The number of carboxylic acids is 1. The fourth-order valence-electron chi connectivity index (χ4n) is 3.36. The standard InChI is InChI=1S/C22H21BrFNO5/c23-19-8-7-16(24)12-20(19)30-11-1-2-14-3-5-15(6-4-14)17-9-10-25(22(28)29)13-18(17)21(26)27/h3-8,12H,1-2,9-11,13H2,(H,26,27)(H,28,29). The second kappa shape index (κ2) is 9.75. The van der Waals surface area contributed by atoms with Gasteiger partial charge in [-0.1, -0.05) is 24.3 Å². The number of benzene rings is 2. The molecule has 2 aromatic rings. The topological polar surface area (TPSA) is 87.1 Å². The van der Waals surface area contributed by atoms with Crippen LogP contribution >= 0.6 is 15.9 Å². The van der Waals surface area contributed by atoms with Gasteiger partial charge in [-0.3, -0.25) is 0 Å². The predicted octanol–water partition coefficient (Wildman–Crippen LogP) is 4.82. The summed E-state index contributed by atoms with van der Waals surface area (Å²) in [6.45, 7) is 0.591. The molecule has 158 valence electrons. The summed E-state index contributed by atoms with van der Waals surface area (Å²) in [5.41, 5.74) is 2.65. The van der Waals surface area contributed by atoms with Crippen LogP contribution in [0.4, 0.5) is 9.18 Å². The summed E-state index contributed by atoms with van der Waals surface area (Å²) in [4.78, 5) is 23.8. The number of nitrogens with zero attached hydrogens (tertiary/aromatic N) is 1. The average molecular weight is 478 g/mol. The van der Waals surface area contributed by atoms with Crippen LogP contribution in [0.3, 0.4) is 0 Å². The third-order valence-electron chi connectivity index (χ3n) is 4.94. The number of rotatable bonds is 7. The van der Waals surface area contributed by atoms with E-state index in [1.807, 2.05) is 24.3 Å². The van der Waals surface area contributed by atoms with Gasteiger partial charge in [-0.2, -0.15) is 0 Å². The van der Waals surface area contributed by atoms with Crippen LogP contribution in [-0.2, 0) is 11.2 Å². The molecule has 0 bridgehead atoms. The zero-order valence-corrected chi connectivity index (χ0v) is 17.7. The van der Waals surface area contributed by atoms with E-state index in [1.165, 1.54) is 12.1 Å². The Labute approximate surface area is 181 Å². The van der Waals surface area contributed by atoms with E-state index in [0.29, 0.717) is 28.8 Å². The highest BCUT2D eigenvalue weighted by molar-refractivity contribution is 9.10. The maximum absolute atomic E-state index is 13.3. The lowest BCUT2D eigenvalue weighted by molar-refractivity contribution is -0.132. The molecule has 3 rings (SSSR count). The molecule has 1 amide bonds. The van der Waals surface area contributed by atoms with Crippen molar-refractivity contribution in [2.75, 3.05) is 19.7 Å². The van der Waals surface area contributed by atoms with Gasteiger partial charge in [0.25, 0.3) is 0 Å². The Balaban J connectivity index is 1.60. The molecule has 0 saturated carbocycles. The summed E-state index contributed by atoms with van der Waals surface area (Å²) < 4.78 is 19.6. The number of carbonyl (C=O) groups is 2. The molecule has 0 spiro atoms. The summed E-state index contributed by atoms with van der Waals surface area (Å²) in [7, 11) is 0. The molecule has 6 nitrogen and oxygen atoms in total. The third kappa shape index (κ3) is 5.38. The Hall–Kier alpha value is -2.87. The minimum Gasteiger partial charge on any atom is -0.492 e. The van der Waals surface area contributed by atoms with Crippen LogP contribution in [-0.4, -0.2) is 46.9 Å². The number of hydrogen-bond donors (Lipinski definition) is 2. The van der Waals surface area contributed by atoms with E-state index in [-0.39, 0.29) is 24.5 Å². The molecule has 1 heterocycles. The van der Waals surface area contributed by atoms with Crippen LogP contribution in [0.15, 0.2) is 52.5 Å². The molecular formula is C22H21BrFNO5. The third-order valence-corrected chi connectivity index (χ3v) is 5.59. The summed E-state index contributed by atoms with van der Waals surface area (Å²) in [5.74, 6) is -0.986. The normalized spacial score (nSPS) is 14.0. The number of aliphatic carboxylic acids is 1. The first-order chi connectivity index (χ1) is 14.3. The van der Waals surface area contributed by atoms with E-state index in [0.717, 1.165) is 28.9 Å². The Kier molecular flexibility index (Phi) is 7.10. The van der Waals surface area contributed by atoms with E-state index in [4.69, 9.17) is 9.84 Å². The van der Waals surface area contributed by atoms with Gasteiger partial charge in [0.1, 0.15) is 11.6 Å². The van der Waals surface area contributed by atoms with Crippen molar-refractivity contribution in [3.63, 3.8) is 0 Å². The van der Waals surface area contributed by atoms with Crippen molar-refractivity contribution in [3.05, 3.63) is 69.5 Å². The Morgan fingerprint density at radius 2 is 1.87 bits per heavy atom. The number of hydrogen-bond acceptors (Lipinski definition) is 3. The average Bonchev–Trinajstić information content (AvgIpc) is 2.73. The van der Waals surface area contributed by atoms with Crippen LogP contribution in [0.1, 0.15) is 24.0 Å². The van der Waals surface area contributed by atoms with Crippen LogP contribution in [0.5, 0.6) is 5.75 Å². The van der Waals surface area contributed by atoms with Crippen molar-refractivity contribution in [2.45, 2.75) is 19.3 Å². The SMILES string of the molecule is O=C(O)C1=C(c2ccc(CCCOc3cc(F)ccc3Br)cc2)CCN(C(=O)O)C1. The molecule has 30 heavy (non-hydrogen) atoms. The summed E-state index contributed by atoms with van der Waals surface area (Å²) in [6.07, 6.45) is 0.739. The minimum absolute atomic E-state index is 0.116. The van der Waals surface area contributed by atoms with Crippen molar-refractivity contribution in [1.82, 2.24) is 4.90 Å². The molecule has 8 heteroatoms. The first-order valence-electron chi connectivity index (χ1n) is 9.45. The molecule has 1 aliphatic heterocycles. The van der Waals surface area contributed by atoms with E-state index >= 15 is 0 Å². The zero-order valence-electron chi connectivity index (χ0n) is 16.1. The smallest absolute Gasteiger partial charge is 0.407 e. The van der Waals surface area contributed by atoms with Gasteiger partial charge in [0, 0.05) is 12.6 Å². The van der Waals surface area contributed by atoms with Gasteiger partial charge in [-0.25, -0.2) is 14.0 Å². The Morgan fingerprint density at radius 1 is 1.13 bits per heavy atom. The van der Waals surface area contributed by atoms with Crippen LogP contribution in [0, 0.1) is 5.82 Å². The van der Waals surface area contributed by atoms with E-state index < -0.39 is 12.1 Å². The number of carboxylic acid groups (broad SMARTS) is 2. The van der Waals surface area contributed by atoms with Crippen molar-refractivity contribution in [2.24, 2.45) is 0 Å². The van der Waals surface area contributed by atoms with Gasteiger partial charge in [-0.05, 0) is 64.0 Å². The maximum Gasteiger partial charge on any atom is 0.407 e. The first kappa shape index (κ1) is 21.8. The molecule has 0 atom stereocenters. The quantitative estimate of drug-likeness (QED) is 0.558. The molecule has 0 aromatic heterocycles. The monoisotopic (exact) mass is 477 g/mol. The predicted molar refractivity (Wildman–Crippen MR) is 113 cm³/mol. The number of amides is 1. The number of halogens is 2. The largest absolute Gasteiger partial charge is 0.492 e. The van der Waals surface area contributed by atoms with Crippen LogP contribution in [0.2, 0.25) is 0 Å². The van der Waals surface area contributed by atoms with Gasteiger partial charge in [0.2, 0.25) is 0 Å². The minimum atomic E-state index is -1.12. The highest BCUT2D eigenvalue weighted by Gasteiger charge is 2.26. The van der Waals surface area contributed by atoms with Gasteiger partial charge in [0.15, 0.2) is 0 Å². The number of ether oxygens (including phenoxy) is 1. The lowest BCUT2D eigenvalue weighted by Crippen LogP contribution is -2.37. The fourth-order valence-corrected chi connectivity index (χ4v) is 3.72. The lowest BCUT2D eigenvalue weighted by atomic mass is 9.92. The van der Waals surface area contributed by atoms with Crippen LogP contribution in [0.25, 0.3) is 5.57 Å². The zero-order chi connectivity index (χ0) is 21.7. The Bertz CT molecular complexity index is 974. The first-order valence-corrected chi connectivity index (χ1v) is 10.2. The molecule has 0 radical (unpaired) electrons. The molecule has 0 saturated heterocycles. The summed E-state index contributed by atoms with van der Waals surface area (Å²) in [5, 5.41) is 18.6. The van der Waals surface area contributed by atoms with Crippen molar-refractivity contribution >= 4 is 33.6 Å². The molecule has 0 aliphatic carbocycles. The highest BCUT2D eigenvalue weighted by atomic mass is 79.9. The van der Waals surface area contributed by atoms with E-state index in [1.54, 1.807) is 6.07 Å². The summed E-state index contributed by atoms with van der Waals surface area (Å²) >= 11 is 3.33. The summed E-state index contributed by atoms with van der Waals surface area (Å²) in [6, 6.07) is 11.9. The van der Waals surface area contributed by atoms with E-state index in [2.05, 4.69) is 15.9 Å². The maximum atomic E-state index is 13.3. The molecule has 1 aliphatic rings. The second-order valence-electron chi connectivity index (χ2n) is 6.94. The Morgan fingerprint density at radius 3 is 2.53 bits per heavy atom. The highest BCUT2D eigenvalue weighted by Crippen LogP contribution is 2.29. The molecule has 2 N–H and O–H groups in total. The van der Waals surface area contributed by atoms with Gasteiger partial charge in [0.05, 0.1) is 23.2 Å². The molecule has 0 unspecified atom stereocenters. The van der Waals surface area contributed by atoms with Crippen molar-refractivity contribution in [1.29, 1.82) is 0 Å². The fraction of sp³-hybridized carbons (Fsp3) is 0.273. The van der Waals surface area contributed by atoms with Gasteiger partial charge in [-0.15, -0.1) is 0 Å². The van der Waals surface area contributed by atoms with Crippen molar-refractivity contribution < 1.29 is 28.9 Å². The number of aryl methyl sites for hydroxylation is 1. The van der Waals surface area contributed by atoms with Crippen molar-refractivity contribution in [3.8, 4) is 5.75 Å².